The van der Waals surface area contributed by atoms with Gasteiger partial charge in [-0.25, -0.2) is 4.98 Å². The number of aromatic nitrogens is 1. The molecule has 1 aromatic heterocycles. The summed E-state index contributed by atoms with van der Waals surface area (Å²) in [7, 11) is 1.61. The highest BCUT2D eigenvalue weighted by atomic mass is 79.9. The van der Waals surface area contributed by atoms with E-state index in [0.717, 1.165) is 22.9 Å². The zero-order valence-corrected chi connectivity index (χ0v) is 12.9. The van der Waals surface area contributed by atoms with Crippen molar-refractivity contribution in [2.45, 2.75) is 18.9 Å². The summed E-state index contributed by atoms with van der Waals surface area (Å²) in [5.41, 5.74) is 5.23. The van der Waals surface area contributed by atoms with Crippen molar-refractivity contribution >= 4 is 15.9 Å². The fourth-order valence-electron chi connectivity index (χ4n) is 2.06. The molecule has 0 fully saturated rings. The van der Waals surface area contributed by atoms with E-state index in [2.05, 4.69) is 32.4 Å². The normalized spacial score (nSPS) is 12.2. The molecule has 0 amide bonds. The molecule has 2 rings (SSSR count). The lowest BCUT2D eigenvalue weighted by Gasteiger charge is -2.17. The molecule has 0 saturated heterocycles. The second kappa shape index (κ2) is 7.38. The van der Waals surface area contributed by atoms with E-state index in [-0.39, 0.29) is 6.04 Å². The molecule has 1 aromatic carbocycles. The lowest BCUT2D eigenvalue weighted by Crippen LogP contribution is -2.38. The lowest BCUT2D eigenvalue weighted by atomic mass is 10.0. The highest BCUT2D eigenvalue weighted by molar-refractivity contribution is 9.10. The van der Waals surface area contributed by atoms with Crippen molar-refractivity contribution in [3.05, 3.63) is 58.2 Å². The van der Waals surface area contributed by atoms with Crippen molar-refractivity contribution in [3.8, 4) is 5.88 Å². The number of benzene rings is 1. The number of nitrogens with zero attached hydrogens (tertiary/aromatic N) is 1. The molecule has 3 N–H and O–H groups in total. The van der Waals surface area contributed by atoms with Crippen LogP contribution in [0.2, 0.25) is 0 Å². The van der Waals surface area contributed by atoms with Crippen LogP contribution < -0.4 is 16.0 Å². The first-order valence-electron chi connectivity index (χ1n) is 6.41. The average molecular weight is 336 g/mol. The zero-order valence-electron chi connectivity index (χ0n) is 11.3. The maximum atomic E-state index is 5.66. The number of nitrogens with two attached hydrogens (primary N) is 1. The van der Waals surface area contributed by atoms with Crippen LogP contribution in [0, 0.1) is 0 Å². The smallest absolute Gasteiger partial charge is 0.212 e. The van der Waals surface area contributed by atoms with E-state index in [1.165, 1.54) is 5.56 Å². The maximum Gasteiger partial charge on any atom is 0.212 e. The van der Waals surface area contributed by atoms with Gasteiger partial charge >= 0.3 is 0 Å². The second-order valence-electron chi connectivity index (χ2n) is 4.57. The molecule has 20 heavy (non-hydrogen) atoms. The first kappa shape index (κ1) is 15.0. The van der Waals surface area contributed by atoms with Crippen LogP contribution in [0.1, 0.15) is 11.1 Å². The summed E-state index contributed by atoms with van der Waals surface area (Å²) in [5, 5.41) is 0. The van der Waals surface area contributed by atoms with Gasteiger partial charge in [-0.2, -0.15) is 0 Å². The van der Waals surface area contributed by atoms with Gasteiger partial charge in [-0.05, 0) is 30.0 Å². The quantitative estimate of drug-likeness (QED) is 0.628. The van der Waals surface area contributed by atoms with E-state index in [4.69, 9.17) is 10.6 Å². The highest BCUT2D eigenvalue weighted by Crippen LogP contribution is 2.18. The number of pyridine rings is 1. The van der Waals surface area contributed by atoms with Crippen LogP contribution in [-0.4, -0.2) is 18.1 Å². The number of methoxy groups -OCH3 is 1. The van der Waals surface area contributed by atoms with E-state index in [9.17, 15) is 0 Å². The zero-order chi connectivity index (χ0) is 14.4. The van der Waals surface area contributed by atoms with Gasteiger partial charge in [0.25, 0.3) is 0 Å². The number of halogens is 1. The van der Waals surface area contributed by atoms with Gasteiger partial charge in [-0.15, -0.1) is 0 Å². The third-order valence-electron chi connectivity index (χ3n) is 3.15. The molecule has 1 heterocycles. The van der Waals surface area contributed by atoms with Crippen LogP contribution in [0.5, 0.6) is 5.88 Å². The molecule has 0 spiro atoms. The largest absolute Gasteiger partial charge is 0.481 e. The molecule has 0 radical (unpaired) electrons. The van der Waals surface area contributed by atoms with Crippen LogP contribution in [0.15, 0.2) is 47.1 Å². The number of hydrogen-bond donors (Lipinski definition) is 2. The lowest BCUT2D eigenvalue weighted by molar-refractivity contribution is 0.397. The fraction of sp³-hybridized carbons (Fsp3) is 0.267. The third-order valence-corrected chi connectivity index (χ3v) is 3.92. The maximum absolute atomic E-state index is 5.66. The summed E-state index contributed by atoms with van der Waals surface area (Å²) < 4.78 is 6.16. The first-order chi connectivity index (χ1) is 9.72. The Labute approximate surface area is 127 Å². The van der Waals surface area contributed by atoms with Gasteiger partial charge in [0.05, 0.1) is 7.11 Å². The Morgan fingerprint density at radius 2 is 2.05 bits per heavy atom. The average Bonchev–Trinajstić information content (AvgIpc) is 2.49. The summed E-state index contributed by atoms with van der Waals surface area (Å²) >= 11 is 3.56. The van der Waals surface area contributed by atoms with Gasteiger partial charge in [0.15, 0.2) is 0 Å². The molecule has 0 aliphatic rings. The predicted molar refractivity (Wildman–Crippen MR) is 83.5 cm³/mol. The van der Waals surface area contributed by atoms with Crippen LogP contribution >= 0.6 is 15.9 Å². The molecule has 4 nitrogen and oxygen atoms in total. The SMILES string of the molecule is COc1ccc(CC(Cc2ccccc2Br)NN)cn1. The van der Waals surface area contributed by atoms with Crippen LogP contribution in [-0.2, 0) is 12.8 Å². The Hall–Kier alpha value is -1.43. The minimum Gasteiger partial charge on any atom is -0.481 e. The number of hydrogen-bond acceptors (Lipinski definition) is 4. The number of hydrazine groups is 1. The van der Waals surface area contributed by atoms with E-state index in [0.29, 0.717) is 5.88 Å². The van der Waals surface area contributed by atoms with Gasteiger partial charge in [-0.1, -0.05) is 40.2 Å². The summed E-state index contributed by atoms with van der Waals surface area (Å²) in [4.78, 5) is 4.21. The Bertz CT molecular complexity index is 545. The molecule has 0 saturated carbocycles. The Morgan fingerprint density at radius 3 is 2.65 bits per heavy atom. The molecule has 0 bridgehead atoms. The standard InChI is InChI=1S/C15H18BrN3O/c1-20-15-7-6-11(10-18-15)8-13(19-17)9-12-4-2-3-5-14(12)16/h2-7,10,13,19H,8-9,17H2,1H3. The first-order valence-corrected chi connectivity index (χ1v) is 7.20. The van der Waals surface area contributed by atoms with Crippen molar-refractivity contribution in [2.24, 2.45) is 5.84 Å². The predicted octanol–water partition coefficient (Wildman–Crippen LogP) is 2.47. The van der Waals surface area contributed by atoms with Gasteiger partial charge < -0.3 is 4.74 Å². The second-order valence-corrected chi connectivity index (χ2v) is 5.43. The topological polar surface area (TPSA) is 60.2 Å². The fourth-order valence-corrected chi connectivity index (χ4v) is 2.50. The molecule has 5 heteroatoms. The Morgan fingerprint density at radius 1 is 1.25 bits per heavy atom. The summed E-state index contributed by atoms with van der Waals surface area (Å²) in [6.07, 6.45) is 3.49. The van der Waals surface area contributed by atoms with Crippen molar-refractivity contribution in [1.82, 2.24) is 10.4 Å². The van der Waals surface area contributed by atoms with E-state index in [1.807, 2.05) is 36.5 Å². The number of ether oxygens (including phenoxy) is 1. The molecule has 1 unspecified atom stereocenters. The number of rotatable bonds is 6. The molecule has 106 valence electrons. The van der Waals surface area contributed by atoms with Crippen molar-refractivity contribution in [2.75, 3.05) is 7.11 Å². The third kappa shape index (κ3) is 4.03. The van der Waals surface area contributed by atoms with Crippen LogP contribution in [0.25, 0.3) is 0 Å². The number of nitrogens with one attached hydrogen (secondary N) is 1. The molecular weight excluding hydrogens is 318 g/mol. The molecule has 0 aliphatic heterocycles. The summed E-state index contributed by atoms with van der Waals surface area (Å²) in [5.74, 6) is 6.29. The van der Waals surface area contributed by atoms with Gasteiger partial charge in [0.1, 0.15) is 0 Å². The van der Waals surface area contributed by atoms with E-state index in [1.54, 1.807) is 7.11 Å². The Kier molecular flexibility index (Phi) is 5.52. The molecule has 1 atom stereocenters. The van der Waals surface area contributed by atoms with Crippen LogP contribution in [0.4, 0.5) is 0 Å². The monoisotopic (exact) mass is 335 g/mol. The molecule has 0 aliphatic carbocycles. The van der Waals surface area contributed by atoms with Crippen molar-refractivity contribution < 1.29 is 4.74 Å². The van der Waals surface area contributed by atoms with Gasteiger partial charge in [0, 0.05) is 22.8 Å². The highest BCUT2D eigenvalue weighted by Gasteiger charge is 2.11. The molecule has 2 aromatic rings. The van der Waals surface area contributed by atoms with Crippen molar-refractivity contribution in [1.29, 1.82) is 0 Å². The van der Waals surface area contributed by atoms with E-state index >= 15 is 0 Å². The summed E-state index contributed by atoms with van der Waals surface area (Å²) in [6.45, 7) is 0. The Balaban J connectivity index is 2.03. The minimum absolute atomic E-state index is 0.156. The van der Waals surface area contributed by atoms with Crippen molar-refractivity contribution in [3.63, 3.8) is 0 Å². The molecular formula is C15H18BrN3O. The van der Waals surface area contributed by atoms with Gasteiger partial charge in [0.2, 0.25) is 5.88 Å². The van der Waals surface area contributed by atoms with E-state index < -0.39 is 0 Å². The minimum atomic E-state index is 0.156. The summed E-state index contributed by atoms with van der Waals surface area (Å²) in [6, 6.07) is 12.2. The van der Waals surface area contributed by atoms with Crippen LogP contribution in [0.3, 0.4) is 0 Å². The van der Waals surface area contributed by atoms with Gasteiger partial charge in [-0.3, -0.25) is 11.3 Å².